The Hall–Kier alpha value is -2.35. The Labute approximate surface area is 141 Å². The lowest BCUT2D eigenvalue weighted by atomic mass is 9.95. The average molecular weight is 332 g/mol. The molecule has 2 amide bonds. The van der Waals surface area contributed by atoms with E-state index < -0.39 is 0 Å². The fraction of sp³-hybridized carbons (Fsp3) is 0.562. The van der Waals surface area contributed by atoms with Gasteiger partial charge in [0.1, 0.15) is 0 Å². The molecule has 0 radical (unpaired) electrons. The monoisotopic (exact) mass is 332 g/mol. The third-order valence-electron chi connectivity index (χ3n) is 4.37. The minimum atomic E-state index is -0.108. The minimum Gasteiger partial charge on any atom is -0.382 e. The molecule has 1 aliphatic rings. The summed E-state index contributed by atoms with van der Waals surface area (Å²) in [5, 5.41) is 14.3. The van der Waals surface area contributed by atoms with Gasteiger partial charge in [0.05, 0.1) is 12.6 Å². The number of likely N-dealkylation sites (tertiary alicyclic amines) is 1. The smallest absolute Gasteiger partial charge is 0.323 e. The van der Waals surface area contributed by atoms with Gasteiger partial charge in [-0.1, -0.05) is 0 Å². The van der Waals surface area contributed by atoms with Crippen LogP contribution in [0.2, 0.25) is 0 Å². The summed E-state index contributed by atoms with van der Waals surface area (Å²) in [5.41, 5.74) is 1.09. The summed E-state index contributed by atoms with van der Waals surface area (Å²) in [6.07, 6.45) is 5.65. The van der Waals surface area contributed by atoms with E-state index in [1.165, 1.54) is 0 Å². The van der Waals surface area contributed by atoms with Crippen LogP contribution in [0.5, 0.6) is 0 Å². The van der Waals surface area contributed by atoms with E-state index in [1.807, 2.05) is 24.1 Å². The highest BCUT2D eigenvalue weighted by Gasteiger charge is 2.26. The molecule has 0 unspecified atom stereocenters. The van der Waals surface area contributed by atoms with Gasteiger partial charge in [-0.25, -0.2) is 4.79 Å². The van der Waals surface area contributed by atoms with Crippen LogP contribution < -0.4 is 5.32 Å². The Balaban J connectivity index is 1.58. The number of carbonyl (C=O) groups is 1. The number of nitrogens with one attached hydrogen (secondary N) is 2. The van der Waals surface area contributed by atoms with Crippen molar-refractivity contribution in [2.24, 2.45) is 0 Å². The Bertz CT molecular complexity index is 653. The maximum absolute atomic E-state index is 12.5. The number of piperidine rings is 1. The summed E-state index contributed by atoms with van der Waals surface area (Å²) in [6, 6.07) is 3.80. The van der Waals surface area contributed by atoms with Gasteiger partial charge < -0.3 is 9.64 Å². The molecular weight excluding hydrogens is 308 g/mol. The second kappa shape index (κ2) is 7.48. The Morgan fingerprint density at radius 1 is 1.54 bits per heavy atom. The molecule has 0 saturated carbocycles. The van der Waals surface area contributed by atoms with Crippen molar-refractivity contribution >= 4 is 11.8 Å². The maximum Gasteiger partial charge on any atom is 0.323 e. The van der Waals surface area contributed by atoms with E-state index in [1.54, 1.807) is 24.1 Å². The van der Waals surface area contributed by atoms with Crippen LogP contribution in [-0.2, 0) is 4.74 Å². The molecule has 8 heteroatoms. The number of methoxy groups -OCH3 is 1. The molecule has 2 N–H and O–H groups in total. The summed E-state index contributed by atoms with van der Waals surface area (Å²) in [7, 11) is 1.66. The van der Waals surface area contributed by atoms with E-state index in [4.69, 9.17) is 4.74 Å². The number of urea groups is 1. The molecule has 1 saturated heterocycles. The fourth-order valence-electron chi connectivity index (χ4n) is 3.07. The molecule has 8 nitrogen and oxygen atoms in total. The second-order valence-corrected chi connectivity index (χ2v) is 6.21. The highest BCUT2D eigenvalue weighted by molar-refractivity contribution is 5.88. The average Bonchev–Trinajstić information content (AvgIpc) is 3.27. The Kier molecular flexibility index (Phi) is 5.14. The topological polar surface area (TPSA) is 88.1 Å². The molecule has 0 aliphatic carbocycles. The molecule has 2 aromatic rings. The molecule has 0 bridgehead atoms. The second-order valence-electron chi connectivity index (χ2n) is 6.21. The van der Waals surface area contributed by atoms with E-state index in [-0.39, 0.29) is 12.1 Å². The molecular formula is C16H24N6O2. The van der Waals surface area contributed by atoms with Gasteiger partial charge in [-0.15, -0.1) is 0 Å². The molecule has 1 fully saturated rings. The first-order chi connectivity index (χ1) is 11.7. The van der Waals surface area contributed by atoms with Crippen LogP contribution >= 0.6 is 0 Å². The number of nitrogens with zero attached hydrogens (tertiary/aromatic N) is 4. The van der Waals surface area contributed by atoms with Crippen LogP contribution in [0.4, 0.5) is 10.6 Å². The lowest BCUT2D eigenvalue weighted by Crippen LogP contribution is -2.41. The predicted octanol–water partition coefficient (Wildman–Crippen LogP) is 2.23. The quantitative estimate of drug-likeness (QED) is 0.879. The zero-order chi connectivity index (χ0) is 16.9. The van der Waals surface area contributed by atoms with Gasteiger partial charge in [0.15, 0.2) is 5.82 Å². The fourth-order valence-corrected chi connectivity index (χ4v) is 3.07. The number of aromatic nitrogens is 4. The van der Waals surface area contributed by atoms with Crippen molar-refractivity contribution in [3.63, 3.8) is 0 Å². The number of anilines is 1. The molecule has 2 aromatic heterocycles. The SMILES string of the molecule is COC[C@H](C)n1ccc(NC(=O)N2CCC[C@@H](c3ccn[nH]3)C2)n1. The Morgan fingerprint density at radius 3 is 3.17 bits per heavy atom. The molecule has 3 heterocycles. The van der Waals surface area contributed by atoms with Crippen LogP contribution in [0.25, 0.3) is 0 Å². The zero-order valence-corrected chi connectivity index (χ0v) is 14.1. The van der Waals surface area contributed by atoms with Gasteiger partial charge in [0.25, 0.3) is 0 Å². The molecule has 130 valence electrons. The van der Waals surface area contributed by atoms with Gasteiger partial charge in [-0.3, -0.25) is 15.1 Å². The standard InChI is InChI=1S/C16H24N6O2/c1-12(11-24-2)22-9-6-15(20-22)18-16(23)21-8-3-4-13(10-21)14-5-7-17-19-14/h5-7,9,12-13H,3-4,8,10-11H2,1-2H3,(H,17,19)(H,18,20,23)/t12-,13+/m0/s1. The van der Waals surface area contributed by atoms with E-state index in [0.29, 0.717) is 24.9 Å². The first-order valence-corrected chi connectivity index (χ1v) is 8.26. The highest BCUT2D eigenvalue weighted by atomic mass is 16.5. The first-order valence-electron chi connectivity index (χ1n) is 8.26. The third-order valence-corrected chi connectivity index (χ3v) is 4.37. The number of amides is 2. The number of ether oxygens (including phenoxy) is 1. The van der Waals surface area contributed by atoms with Gasteiger partial charge in [-0.2, -0.15) is 10.2 Å². The number of H-pyrrole nitrogens is 1. The van der Waals surface area contributed by atoms with Crippen molar-refractivity contribution in [1.29, 1.82) is 0 Å². The third kappa shape index (κ3) is 3.76. The van der Waals surface area contributed by atoms with Gasteiger partial charge in [0, 0.05) is 50.3 Å². The summed E-state index contributed by atoms with van der Waals surface area (Å²) < 4.78 is 6.92. The molecule has 0 aromatic carbocycles. The molecule has 3 rings (SSSR count). The van der Waals surface area contributed by atoms with Crippen molar-refractivity contribution in [2.45, 2.75) is 31.7 Å². The normalized spacial score (nSPS) is 19.2. The summed E-state index contributed by atoms with van der Waals surface area (Å²) in [6.45, 7) is 4.04. The number of aromatic amines is 1. The van der Waals surface area contributed by atoms with Crippen molar-refractivity contribution in [2.75, 3.05) is 32.1 Å². The number of rotatable bonds is 5. The van der Waals surface area contributed by atoms with Crippen molar-refractivity contribution in [1.82, 2.24) is 24.9 Å². The lowest BCUT2D eigenvalue weighted by molar-refractivity contribution is 0.157. The van der Waals surface area contributed by atoms with Crippen LogP contribution in [-0.4, -0.2) is 57.7 Å². The summed E-state index contributed by atoms with van der Waals surface area (Å²) in [4.78, 5) is 14.3. The maximum atomic E-state index is 12.5. The molecule has 0 spiro atoms. The Morgan fingerprint density at radius 2 is 2.42 bits per heavy atom. The van der Waals surface area contributed by atoms with E-state index in [0.717, 1.165) is 25.1 Å². The predicted molar refractivity (Wildman–Crippen MR) is 90.0 cm³/mol. The first kappa shape index (κ1) is 16.5. The number of carbonyl (C=O) groups excluding carboxylic acids is 1. The van der Waals surface area contributed by atoms with Crippen LogP contribution in [0, 0.1) is 0 Å². The molecule has 24 heavy (non-hydrogen) atoms. The van der Waals surface area contributed by atoms with Gasteiger partial charge in [-0.05, 0) is 25.8 Å². The van der Waals surface area contributed by atoms with E-state index in [2.05, 4.69) is 20.6 Å². The van der Waals surface area contributed by atoms with Gasteiger partial charge >= 0.3 is 6.03 Å². The van der Waals surface area contributed by atoms with Crippen molar-refractivity contribution in [3.05, 3.63) is 30.2 Å². The van der Waals surface area contributed by atoms with E-state index in [9.17, 15) is 4.79 Å². The molecule has 2 atom stereocenters. The minimum absolute atomic E-state index is 0.108. The number of hydrogen-bond acceptors (Lipinski definition) is 4. The van der Waals surface area contributed by atoms with Crippen LogP contribution in [0.3, 0.4) is 0 Å². The van der Waals surface area contributed by atoms with Crippen LogP contribution in [0.1, 0.15) is 37.4 Å². The largest absolute Gasteiger partial charge is 0.382 e. The zero-order valence-electron chi connectivity index (χ0n) is 14.1. The van der Waals surface area contributed by atoms with Crippen molar-refractivity contribution in [3.8, 4) is 0 Å². The summed E-state index contributed by atoms with van der Waals surface area (Å²) >= 11 is 0. The highest BCUT2D eigenvalue weighted by Crippen LogP contribution is 2.25. The molecule has 1 aliphatic heterocycles. The van der Waals surface area contributed by atoms with Crippen LogP contribution in [0.15, 0.2) is 24.5 Å². The summed E-state index contributed by atoms with van der Waals surface area (Å²) in [5.74, 6) is 0.873. The number of hydrogen-bond donors (Lipinski definition) is 2. The van der Waals surface area contributed by atoms with E-state index >= 15 is 0 Å². The van der Waals surface area contributed by atoms with Gasteiger partial charge in [0.2, 0.25) is 0 Å². The lowest BCUT2D eigenvalue weighted by Gasteiger charge is -2.32. The van der Waals surface area contributed by atoms with Crippen molar-refractivity contribution < 1.29 is 9.53 Å².